The predicted octanol–water partition coefficient (Wildman–Crippen LogP) is 3.86. The molecule has 0 fully saturated rings. The van der Waals surface area contributed by atoms with Crippen molar-refractivity contribution in [2.24, 2.45) is 5.73 Å². The number of hydrogen-bond donors (Lipinski definition) is 1. The Morgan fingerprint density at radius 3 is 2.41 bits per heavy atom. The Morgan fingerprint density at radius 2 is 1.88 bits per heavy atom. The number of hydrogen-bond acceptors (Lipinski definition) is 2. The fourth-order valence-electron chi connectivity index (χ4n) is 2.15. The Bertz CT molecular complexity index is 522. The Balaban J connectivity index is 2.51. The van der Waals surface area contributed by atoms with Gasteiger partial charge in [0.1, 0.15) is 5.82 Å². The molecule has 2 aromatic rings. The first-order valence-electron chi connectivity index (χ1n) is 5.57. The van der Waals surface area contributed by atoms with Gasteiger partial charge in [0.25, 0.3) is 0 Å². The molecule has 1 heterocycles. The molecule has 3 heteroatoms. The number of nitrogens with two attached hydrogens (primary N) is 1. The Morgan fingerprint density at radius 1 is 1.18 bits per heavy atom. The molecule has 1 unspecified atom stereocenters. The van der Waals surface area contributed by atoms with Gasteiger partial charge in [-0.3, -0.25) is 0 Å². The van der Waals surface area contributed by atoms with E-state index in [9.17, 15) is 4.39 Å². The standard InChI is InChI=1S/C14H16FNS/c1-8-6-10(3)12(11(15)7-8)13(16)14-9(2)4-5-17-14/h4-7,13H,16H2,1-3H3. The second kappa shape index (κ2) is 4.59. The van der Waals surface area contributed by atoms with Crippen molar-refractivity contribution in [1.82, 2.24) is 0 Å². The molecule has 90 valence electrons. The lowest BCUT2D eigenvalue weighted by Crippen LogP contribution is -2.15. The lowest BCUT2D eigenvalue weighted by Gasteiger charge is -2.16. The van der Waals surface area contributed by atoms with Crippen LogP contribution in [-0.2, 0) is 0 Å². The monoisotopic (exact) mass is 249 g/mol. The third-order valence-corrected chi connectivity index (χ3v) is 4.08. The maximum atomic E-state index is 14.0. The van der Waals surface area contributed by atoms with Gasteiger partial charge in [0, 0.05) is 10.4 Å². The molecule has 0 saturated carbocycles. The lowest BCUT2D eigenvalue weighted by atomic mass is 9.97. The maximum absolute atomic E-state index is 14.0. The zero-order chi connectivity index (χ0) is 12.6. The summed E-state index contributed by atoms with van der Waals surface area (Å²) in [5.41, 5.74) is 9.77. The molecule has 0 amide bonds. The van der Waals surface area contributed by atoms with Crippen LogP contribution >= 0.6 is 11.3 Å². The number of aryl methyl sites for hydroxylation is 3. The van der Waals surface area contributed by atoms with Crippen LogP contribution in [0.3, 0.4) is 0 Å². The fourth-order valence-corrected chi connectivity index (χ4v) is 3.09. The fraction of sp³-hybridized carbons (Fsp3) is 0.286. The molecule has 0 saturated heterocycles. The largest absolute Gasteiger partial charge is 0.320 e. The van der Waals surface area contributed by atoms with Gasteiger partial charge in [0.05, 0.1) is 6.04 Å². The van der Waals surface area contributed by atoms with Crippen molar-refractivity contribution in [2.45, 2.75) is 26.8 Å². The summed E-state index contributed by atoms with van der Waals surface area (Å²) in [6, 6.07) is 5.17. The Kier molecular flexibility index (Phi) is 3.31. The second-order valence-electron chi connectivity index (χ2n) is 4.42. The van der Waals surface area contributed by atoms with E-state index in [0.717, 1.165) is 21.6 Å². The van der Waals surface area contributed by atoms with E-state index in [0.29, 0.717) is 5.56 Å². The molecule has 1 aromatic carbocycles. The minimum absolute atomic E-state index is 0.206. The molecule has 0 spiro atoms. The van der Waals surface area contributed by atoms with Gasteiger partial charge in [-0.05, 0) is 55.0 Å². The van der Waals surface area contributed by atoms with Crippen LogP contribution in [0.15, 0.2) is 23.6 Å². The van der Waals surface area contributed by atoms with Crippen LogP contribution in [0.2, 0.25) is 0 Å². The average molecular weight is 249 g/mol. The van der Waals surface area contributed by atoms with E-state index in [1.807, 2.05) is 38.3 Å². The van der Waals surface area contributed by atoms with Crippen LogP contribution in [0.25, 0.3) is 0 Å². The van der Waals surface area contributed by atoms with Crippen molar-refractivity contribution < 1.29 is 4.39 Å². The minimum Gasteiger partial charge on any atom is -0.320 e. The lowest BCUT2D eigenvalue weighted by molar-refractivity contribution is 0.597. The minimum atomic E-state index is -0.365. The van der Waals surface area contributed by atoms with Gasteiger partial charge in [-0.25, -0.2) is 4.39 Å². The van der Waals surface area contributed by atoms with Crippen molar-refractivity contribution >= 4 is 11.3 Å². The average Bonchev–Trinajstić information content (AvgIpc) is 2.62. The third kappa shape index (κ3) is 2.26. The number of halogens is 1. The summed E-state index contributed by atoms with van der Waals surface area (Å²) in [5, 5.41) is 1.99. The smallest absolute Gasteiger partial charge is 0.128 e. The molecule has 17 heavy (non-hydrogen) atoms. The third-order valence-electron chi connectivity index (χ3n) is 2.98. The van der Waals surface area contributed by atoms with Gasteiger partial charge >= 0.3 is 0 Å². The molecule has 2 N–H and O–H groups in total. The summed E-state index contributed by atoms with van der Waals surface area (Å²) < 4.78 is 14.0. The first-order valence-corrected chi connectivity index (χ1v) is 6.45. The quantitative estimate of drug-likeness (QED) is 0.859. The molecule has 1 aromatic heterocycles. The molecule has 0 aliphatic heterocycles. The topological polar surface area (TPSA) is 26.0 Å². The SMILES string of the molecule is Cc1cc(C)c(C(N)c2sccc2C)c(F)c1. The predicted molar refractivity (Wildman–Crippen MR) is 71.0 cm³/mol. The summed E-state index contributed by atoms with van der Waals surface area (Å²) in [7, 11) is 0. The number of thiophene rings is 1. The van der Waals surface area contributed by atoms with E-state index in [-0.39, 0.29) is 11.9 Å². The first-order chi connectivity index (χ1) is 8.00. The van der Waals surface area contributed by atoms with Gasteiger partial charge in [-0.1, -0.05) is 6.07 Å². The summed E-state index contributed by atoms with van der Waals surface area (Å²) in [4.78, 5) is 1.04. The zero-order valence-electron chi connectivity index (χ0n) is 10.3. The van der Waals surface area contributed by atoms with Crippen LogP contribution in [0.1, 0.15) is 33.2 Å². The molecular weight excluding hydrogens is 233 g/mol. The molecule has 2 rings (SSSR count). The molecule has 0 bridgehead atoms. The van der Waals surface area contributed by atoms with Crippen molar-refractivity contribution in [3.63, 3.8) is 0 Å². The van der Waals surface area contributed by atoms with E-state index in [2.05, 4.69) is 0 Å². The molecular formula is C14H16FNS. The van der Waals surface area contributed by atoms with E-state index in [1.54, 1.807) is 17.4 Å². The van der Waals surface area contributed by atoms with Crippen LogP contribution in [-0.4, -0.2) is 0 Å². The van der Waals surface area contributed by atoms with Crippen molar-refractivity contribution in [3.05, 3.63) is 56.5 Å². The van der Waals surface area contributed by atoms with Crippen molar-refractivity contribution in [2.75, 3.05) is 0 Å². The van der Waals surface area contributed by atoms with E-state index in [4.69, 9.17) is 5.73 Å². The summed E-state index contributed by atoms with van der Waals surface area (Å²) in [6.07, 6.45) is 0. The summed E-state index contributed by atoms with van der Waals surface area (Å²) >= 11 is 1.58. The van der Waals surface area contributed by atoms with Crippen LogP contribution < -0.4 is 5.73 Å². The van der Waals surface area contributed by atoms with Gasteiger partial charge in [-0.2, -0.15) is 0 Å². The number of benzene rings is 1. The van der Waals surface area contributed by atoms with E-state index < -0.39 is 0 Å². The Labute approximate surface area is 105 Å². The highest BCUT2D eigenvalue weighted by molar-refractivity contribution is 7.10. The molecule has 0 aliphatic carbocycles. The van der Waals surface area contributed by atoms with Gasteiger partial charge in [-0.15, -0.1) is 11.3 Å². The highest BCUT2D eigenvalue weighted by Gasteiger charge is 2.19. The highest BCUT2D eigenvalue weighted by atomic mass is 32.1. The maximum Gasteiger partial charge on any atom is 0.128 e. The zero-order valence-corrected chi connectivity index (χ0v) is 11.1. The summed E-state index contributed by atoms with van der Waals surface area (Å²) in [6.45, 7) is 5.81. The molecule has 0 radical (unpaired) electrons. The second-order valence-corrected chi connectivity index (χ2v) is 5.37. The van der Waals surface area contributed by atoms with Gasteiger partial charge in [0.15, 0.2) is 0 Å². The Hall–Kier alpha value is -1.19. The summed E-state index contributed by atoms with van der Waals surface area (Å²) in [5.74, 6) is -0.206. The van der Waals surface area contributed by atoms with Crippen LogP contribution in [0, 0.1) is 26.6 Å². The van der Waals surface area contributed by atoms with E-state index >= 15 is 0 Å². The van der Waals surface area contributed by atoms with Crippen molar-refractivity contribution in [1.29, 1.82) is 0 Å². The number of rotatable bonds is 2. The molecule has 1 nitrogen and oxygen atoms in total. The normalized spacial score (nSPS) is 12.8. The molecule has 1 atom stereocenters. The highest BCUT2D eigenvalue weighted by Crippen LogP contribution is 2.31. The van der Waals surface area contributed by atoms with Gasteiger partial charge in [0.2, 0.25) is 0 Å². The van der Waals surface area contributed by atoms with Gasteiger partial charge < -0.3 is 5.73 Å². The van der Waals surface area contributed by atoms with Crippen LogP contribution in [0.4, 0.5) is 4.39 Å². The van der Waals surface area contributed by atoms with Crippen LogP contribution in [0.5, 0.6) is 0 Å². The molecule has 0 aliphatic rings. The van der Waals surface area contributed by atoms with Crippen molar-refractivity contribution in [3.8, 4) is 0 Å². The van der Waals surface area contributed by atoms with E-state index in [1.165, 1.54) is 0 Å². The first kappa shape index (κ1) is 12.3.